The SMILES string of the molecule is CCNC(=O)COc1ccc(CNCC2CCCC2O)cc1. The topological polar surface area (TPSA) is 70.6 Å². The second kappa shape index (κ2) is 8.76. The molecule has 0 heterocycles. The molecular formula is C17H26N2O3. The average molecular weight is 306 g/mol. The van der Waals surface area contributed by atoms with Gasteiger partial charge in [0.1, 0.15) is 5.75 Å². The second-order valence-electron chi connectivity index (χ2n) is 5.78. The molecule has 2 atom stereocenters. The van der Waals surface area contributed by atoms with Crippen molar-refractivity contribution in [2.24, 2.45) is 5.92 Å². The lowest BCUT2D eigenvalue weighted by molar-refractivity contribution is -0.122. The van der Waals surface area contributed by atoms with Crippen molar-refractivity contribution in [1.29, 1.82) is 0 Å². The van der Waals surface area contributed by atoms with Crippen LogP contribution in [0.2, 0.25) is 0 Å². The van der Waals surface area contributed by atoms with Crippen LogP contribution < -0.4 is 15.4 Å². The van der Waals surface area contributed by atoms with Crippen LogP contribution in [0.25, 0.3) is 0 Å². The first-order valence-corrected chi connectivity index (χ1v) is 8.06. The number of aliphatic hydroxyl groups excluding tert-OH is 1. The fourth-order valence-corrected chi connectivity index (χ4v) is 2.76. The van der Waals surface area contributed by atoms with E-state index in [1.54, 1.807) is 0 Å². The van der Waals surface area contributed by atoms with Crippen molar-refractivity contribution < 1.29 is 14.6 Å². The smallest absolute Gasteiger partial charge is 0.257 e. The highest BCUT2D eigenvalue weighted by molar-refractivity contribution is 5.77. The normalized spacial score (nSPS) is 20.8. The third-order valence-electron chi connectivity index (χ3n) is 4.02. The predicted octanol–water partition coefficient (Wildman–Crippen LogP) is 1.45. The quantitative estimate of drug-likeness (QED) is 0.680. The second-order valence-corrected chi connectivity index (χ2v) is 5.78. The number of rotatable bonds is 8. The van der Waals surface area contributed by atoms with Gasteiger partial charge in [0.2, 0.25) is 0 Å². The zero-order valence-electron chi connectivity index (χ0n) is 13.2. The van der Waals surface area contributed by atoms with E-state index < -0.39 is 0 Å². The van der Waals surface area contributed by atoms with E-state index in [-0.39, 0.29) is 18.6 Å². The van der Waals surface area contributed by atoms with Crippen LogP contribution in [0, 0.1) is 5.92 Å². The van der Waals surface area contributed by atoms with Crippen LogP contribution >= 0.6 is 0 Å². The van der Waals surface area contributed by atoms with Crippen LogP contribution in [-0.4, -0.2) is 36.8 Å². The van der Waals surface area contributed by atoms with Gasteiger partial charge in [-0.05, 0) is 43.4 Å². The molecule has 122 valence electrons. The summed E-state index contributed by atoms with van der Waals surface area (Å²) in [6.45, 7) is 4.17. The lowest BCUT2D eigenvalue weighted by Gasteiger charge is -2.15. The molecule has 0 aliphatic heterocycles. The van der Waals surface area contributed by atoms with Crippen LogP contribution in [0.5, 0.6) is 5.75 Å². The molecule has 1 aliphatic rings. The Balaban J connectivity index is 1.69. The van der Waals surface area contributed by atoms with Crippen LogP contribution in [-0.2, 0) is 11.3 Å². The maximum absolute atomic E-state index is 11.3. The summed E-state index contributed by atoms with van der Waals surface area (Å²) in [5.41, 5.74) is 1.16. The summed E-state index contributed by atoms with van der Waals surface area (Å²) in [5.74, 6) is 0.976. The van der Waals surface area contributed by atoms with Crippen molar-refractivity contribution in [2.75, 3.05) is 19.7 Å². The highest BCUT2D eigenvalue weighted by Gasteiger charge is 2.24. The Labute approximate surface area is 132 Å². The zero-order chi connectivity index (χ0) is 15.8. The van der Waals surface area contributed by atoms with E-state index in [4.69, 9.17) is 4.74 Å². The van der Waals surface area contributed by atoms with Gasteiger partial charge in [0.05, 0.1) is 6.10 Å². The van der Waals surface area contributed by atoms with E-state index >= 15 is 0 Å². The van der Waals surface area contributed by atoms with Crippen molar-refractivity contribution >= 4 is 5.91 Å². The number of carbonyl (C=O) groups excluding carboxylic acids is 1. The highest BCUT2D eigenvalue weighted by Crippen LogP contribution is 2.24. The van der Waals surface area contributed by atoms with Gasteiger partial charge >= 0.3 is 0 Å². The third-order valence-corrected chi connectivity index (χ3v) is 4.02. The van der Waals surface area contributed by atoms with E-state index in [9.17, 15) is 9.90 Å². The maximum Gasteiger partial charge on any atom is 0.257 e. The molecule has 1 saturated carbocycles. The van der Waals surface area contributed by atoms with Crippen molar-refractivity contribution in [1.82, 2.24) is 10.6 Å². The minimum absolute atomic E-state index is 0.0466. The fourth-order valence-electron chi connectivity index (χ4n) is 2.76. The molecule has 0 radical (unpaired) electrons. The first-order valence-electron chi connectivity index (χ1n) is 8.06. The maximum atomic E-state index is 11.3. The Kier molecular flexibility index (Phi) is 6.68. The fraction of sp³-hybridized carbons (Fsp3) is 0.588. The van der Waals surface area contributed by atoms with Crippen LogP contribution in [0.1, 0.15) is 31.7 Å². The molecule has 0 saturated heterocycles. The zero-order valence-corrected chi connectivity index (χ0v) is 13.2. The lowest BCUT2D eigenvalue weighted by atomic mass is 10.1. The van der Waals surface area contributed by atoms with Crippen LogP contribution in [0.4, 0.5) is 0 Å². The largest absolute Gasteiger partial charge is 0.484 e. The van der Waals surface area contributed by atoms with Crippen LogP contribution in [0.3, 0.4) is 0 Å². The van der Waals surface area contributed by atoms with Gasteiger partial charge in [0, 0.05) is 19.6 Å². The molecule has 2 rings (SSSR count). The number of carbonyl (C=O) groups is 1. The Morgan fingerprint density at radius 1 is 1.32 bits per heavy atom. The third kappa shape index (κ3) is 5.31. The summed E-state index contributed by atoms with van der Waals surface area (Å²) in [4.78, 5) is 11.3. The van der Waals surface area contributed by atoms with Crippen molar-refractivity contribution in [3.63, 3.8) is 0 Å². The van der Waals surface area contributed by atoms with Gasteiger partial charge in [-0.3, -0.25) is 4.79 Å². The van der Waals surface area contributed by atoms with Gasteiger partial charge in [-0.2, -0.15) is 0 Å². The monoisotopic (exact) mass is 306 g/mol. The van der Waals surface area contributed by atoms with E-state index in [1.165, 1.54) is 0 Å². The minimum atomic E-state index is -0.141. The van der Waals surface area contributed by atoms with Crippen molar-refractivity contribution in [3.8, 4) is 5.75 Å². The number of ether oxygens (including phenoxy) is 1. The Bertz CT molecular complexity index is 461. The molecule has 3 N–H and O–H groups in total. The van der Waals surface area contributed by atoms with E-state index in [1.807, 2.05) is 31.2 Å². The molecule has 2 unspecified atom stereocenters. The average Bonchev–Trinajstić information content (AvgIpc) is 2.92. The number of aliphatic hydroxyl groups is 1. The number of amides is 1. The summed E-state index contributed by atoms with van der Waals surface area (Å²) in [6, 6.07) is 7.73. The van der Waals surface area contributed by atoms with Gasteiger partial charge in [-0.15, -0.1) is 0 Å². The molecule has 0 aromatic heterocycles. The van der Waals surface area contributed by atoms with E-state index in [2.05, 4.69) is 10.6 Å². The van der Waals surface area contributed by atoms with Gasteiger partial charge < -0.3 is 20.5 Å². The van der Waals surface area contributed by atoms with Gasteiger partial charge in [-0.25, -0.2) is 0 Å². The first kappa shape index (κ1) is 16.8. The van der Waals surface area contributed by atoms with Gasteiger partial charge in [0.25, 0.3) is 5.91 Å². The first-order chi connectivity index (χ1) is 10.7. The molecular weight excluding hydrogens is 280 g/mol. The molecule has 1 aromatic carbocycles. The van der Waals surface area contributed by atoms with Crippen molar-refractivity contribution in [2.45, 2.75) is 38.8 Å². The molecule has 1 aliphatic carbocycles. The Morgan fingerprint density at radius 3 is 2.73 bits per heavy atom. The summed E-state index contributed by atoms with van der Waals surface area (Å²) in [5, 5.41) is 15.9. The molecule has 1 fully saturated rings. The summed E-state index contributed by atoms with van der Waals surface area (Å²) in [6.07, 6.45) is 3.04. The van der Waals surface area contributed by atoms with E-state index in [0.29, 0.717) is 18.2 Å². The lowest BCUT2D eigenvalue weighted by Crippen LogP contribution is -2.28. The van der Waals surface area contributed by atoms with Gasteiger partial charge in [0.15, 0.2) is 6.61 Å². The molecule has 0 spiro atoms. The summed E-state index contributed by atoms with van der Waals surface area (Å²) < 4.78 is 5.41. The Hall–Kier alpha value is -1.59. The summed E-state index contributed by atoms with van der Waals surface area (Å²) in [7, 11) is 0. The number of likely N-dealkylation sites (N-methyl/N-ethyl adjacent to an activating group) is 1. The molecule has 22 heavy (non-hydrogen) atoms. The number of hydrogen-bond donors (Lipinski definition) is 3. The molecule has 0 bridgehead atoms. The molecule has 5 heteroatoms. The van der Waals surface area contributed by atoms with E-state index in [0.717, 1.165) is 37.9 Å². The highest BCUT2D eigenvalue weighted by atomic mass is 16.5. The predicted molar refractivity (Wildman–Crippen MR) is 85.7 cm³/mol. The summed E-state index contributed by atoms with van der Waals surface area (Å²) >= 11 is 0. The number of nitrogens with one attached hydrogen (secondary N) is 2. The molecule has 1 amide bonds. The van der Waals surface area contributed by atoms with Crippen LogP contribution in [0.15, 0.2) is 24.3 Å². The minimum Gasteiger partial charge on any atom is -0.484 e. The Morgan fingerprint density at radius 2 is 2.09 bits per heavy atom. The van der Waals surface area contributed by atoms with Crippen molar-refractivity contribution in [3.05, 3.63) is 29.8 Å². The molecule has 1 aromatic rings. The number of benzene rings is 1. The number of hydrogen-bond acceptors (Lipinski definition) is 4. The van der Waals surface area contributed by atoms with Gasteiger partial charge in [-0.1, -0.05) is 18.6 Å². The standard InChI is InChI=1S/C17H26N2O3/c1-2-19-17(21)12-22-15-8-6-13(7-9-15)10-18-11-14-4-3-5-16(14)20/h6-9,14,16,18,20H,2-5,10-12H2,1H3,(H,19,21). The molecule has 5 nitrogen and oxygen atoms in total.